The minimum Gasteiger partial charge on any atom is -0.0840 e. The van der Waals surface area contributed by atoms with Gasteiger partial charge in [-0.2, -0.15) is 0 Å². The van der Waals surface area contributed by atoms with E-state index in [0.717, 1.165) is 10.6 Å². The van der Waals surface area contributed by atoms with Gasteiger partial charge in [-0.3, -0.25) is 0 Å². The van der Waals surface area contributed by atoms with E-state index in [1.54, 1.807) is 0 Å². The summed E-state index contributed by atoms with van der Waals surface area (Å²) in [4.78, 5) is 0. The summed E-state index contributed by atoms with van der Waals surface area (Å²) in [5.41, 5.74) is 1.09. The highest BCUT2D eigenvalue weighted by molar-refractivity contribution is 6.31. The fraction of sp³-hybridized carbons (Fsp3) is 0.154. The van der Waals surface area contributed by atoms with E-state index in [1.165, 1.54) is 0 Å². The standard InChI is InChI=1S/C13H12Cl/c1-13(9-5-2-6-10-13)11-7-3-4-8-12(11)14/h2-10H,1H3. The van der Waals surface area contributed by atoms with Crippen LogP contribution in [0, 0.1) is 6.42 Å². The van der Waals surface area contributed by atoms with Crippen LogP contribution in [0.15, 0.2) is 48.6 Å². The minimum atomic E-state index is -0.0624. The van der Waals surface area contributed by atoms with Gasteiger partial charge < -0.3 is 0 Å². The van der Waals surface area contributed by atoms with Crippen molar-refractivity contribution in [1.82, 2.24) is 0 Å². The number of hydrogen-bond acceptors (Lipinski definition) is 0. The van der Waals surface area contributed by atoms with Gasteiger partial charge in [-0.25, -0.2) is 0 Å². The second-order valence-electron chi connectivity index (χ2n) is 3.67. The van der Waals surface area contributed by atoms with Crippen LogP contribution in [-0.4, -0.2) is 0 Å². The van der Waals surface area contributed by atoms with Crippen LogP contribution in [0.1, 0.15) is 12.5 Å². The van der Waals surface area contributed by atoms with Crippen LogP contribution in [0.5, 0.6) is 0 Å². The Morgan fingerprint density at radius 1 is 1.07 bits per heavy atom. The van der Waals surface area contributed by atoms with E-state index in [-0.39, 0.29) is 5.41 Å². The molecule has 0 amide bonds. The molecule has 14 heavy (non-hydrogen) atoms. The highest BCUT2D eigenvalue weighted by Gasteiger charge is 2.23. The lowest BCUT2D eigenvalue weighted by molar-refractivity contribution is 0.751. The van der Waals surface area contributed by atoms with Crippen molar-refractivity contribution in [3.05, 3.63) is 65.6 Å². The Morgan fingerprint density at radius 3 is 2.36 bits per heavy atom. The second kappa shape index (κ2) is 3.62. The summed E-state index contributed by atoms with van der Waals surface area (Å²) in [5.74, 6) is 0. The molecule has 0 aliphatic heterocycles. The van der Waals surface area contributed by atoms with Gasteiger partial charge in [0, 0.05) is 16.9 Å². The summed E-state index contributed by atoms with van der Waals surface area (Å²) >= 11 is 6.17. The van der Waals surface area contributed by atoms with Gasteiger partial charge in [-0.15, -0.1) is 0 Å². The Labute approximate surface area is 89.9 Å². The van der Waals surface area contributed by atoms with Gasteiger partial charge in [0.15, 0.2) is 0 Å². The van der Waals surface area contributed by atoms with E-state index in [1.807, 2.05) is 24.6 Å². The third-order valence-corrected chi connectivity index (χ3v) is 2.89. The Bertz CT molecular complexity index is 376. The van der Waals surface area contributed by atoms with Gasteiger partial charge in [-0.1, -0.05) is 54.1 Å². The molecule has 1 aliphatic rings. The first kappa shape index (κ1) is 9.54. The molecule has 0 spiro atoms. The first-order chi connectivity index (χ1) is 6.72. The smallest absolute Gasteiger partial charge is 0.0449 e. The molecular formula is C13H12Cl. The maximum atomic E-state index is 6.17. The van der Waals surface area contributed by atoms with Crippen molar-refractivity contribution in [2.24, 2.45) is 0 Å². The average molecular weight is 204 g/mol. The van der Waals surface area contributed by atoms with Crippen molar-refractivity contribution in [3.63, 3.8) is 0 Å². The van der Waals surface area contributed by atoms with E-state index in [4.69, 9.17) is 11.6 Å². The van der Waals surface area contributed by atoms with E-state index >= 15 is 0 Å². The SMILES string of the molecule is CC1(c2ccccc2Cl)C=C[CH]C=C1. The zero-order chi connectivity index (χ0) is 10.0. The molecule has 71 valence electrons. The average Bonchev–Trinajstić information content (AvgIpc) is 2.19. The Balaban J connectivity index is 2.48. The lowest BCUT2D eigenvalue weighted by Gasteiger charge is -2.25. The number of hydrogen-bond donors (Lipinski definition) is 0. The first-order valence-corrected chi connectivity index (χ1v) is 5.05. The number of halogens is 1. The molecule has 0 unspecified atom stereocenters. The molecule has 0 saturated heterocycles. The van der Waals surface area contributed by atoms with Crippen LogP contribution in [0.2, 0.25) is 5.02 Å². The van der Waals surface area contributed by atoms with Crippen LogP contribution < -0.4 is 0 Å². The van der Waals surface area contributed by atoms with Crippen molar-refractivity contribution in [3.8, 4) is 0 Å². The quantitative estimate of drug-likeness (QED) is 0.649. The van der Waals surface area contributed by atoms with Crippen molar-refractivity contribution < 1.29 is 0 Å². The van der Waals surface area contributed by atoms with Gasteiger partial charge in [0.05, 0.1) is 0 Å². The molecular weight excluding hydrogens is 192 g/mol. The van der Waals surface area contributed by atoms with Crippen molar-refractivity contribution in [2.45, 2.75) is 12.3 Å². The van der Waals surface area contributed by atoms with E-state index in [2.05, 4.69) is 37.3 Å². The van der Waals surface area contributed by atoms with Gasteiger partial charge in [0.2, 0.25) is 0 Å². The molecule has 0 nitrogen and oxygen atoms in total. The van der Waals surface area contributed by atoms with Crippen LogP contribution >= 0.6 is 11.6 Å². The van der Waals surface area contributed by atoms with E-state index in [0.29, 0.717) is 0 Å². The highest BCUT2D eigenvalue weighted by Crippen LogP contribution is 2.34. The van der Waals surface area contributed by atoms with Crippen LogP contribution in [0.25, 0.3) is 0 Å². The first-order valence-electron chi connectivity index (χ1n) is 4.68. The summed E-state index contributed by atoms with van der Waals surface area (Å²) in [5, 5.41) is 0.825. The lowest BCUT2D eigenvalue weighted by atomic mass is 9.79. The molecule has 0 atom stereocenters. The second-order valence-corrected chi connectivity index (χ2v) is 4.08. The molecule has 0 bridgehead atoms. The molecule has 0 saturated carbocycles. The molecule has 0 fully saturated rings. The summed E-state index contributed by atoms with van der Waals surface area (Å²) in [6.45, 7) is 2.16. The van der Waals surface area contributed by atoms with Gasteiger partial charge >= 0.3 is 0 Å². The Morgan fingerprint density at radius 2 is 1.71 bits per heavy atom. The third kappa shape index (κ3) is 1.62. The fourth-order valence-corrected chi connectivity index (χ4v) is 2.05. The fourth-order valence-electron chi connectivity index (χ4n) is 1.71. The third-order valence-electron chi connectivity index (χ3n) is 2.56. The summed E-state index contributed by atoms with van der Waals surface area (Å²) < 4.78 is 0. The van der Waals surface area contributed by atoms with Crippen molar-refractivity contribution >= 4 is 11.6 Å². The number of benzene rings is 1. The van der Waals surface area contributed by atoms with Gasteiger partial charge in [0.1, 0.15) is 0 Å². The normalized spacial score (nSPS) is 18.4. The van der Waals surface area contributed by atoms with E-state index in [9.17, 15) is 0 Å². The Kier molecular flexibility index (Phi) is 2.47. The van der Waals surface area contributed by atoms with Crippen LogP contribution in [0.4, 0.5) is 0 Å². The molecule has 2 rings (SSSR count). The Hall–Kier alpha value is -1.01. The summed E-state index contributed by atoms with van der Waals surface area (Å²) in [6, 6.07) is 7.98. The zero-order valence-corrected chi connectivity index (χ0v) is 8.83. The van der Waals surface area contributed by atoms with E-state index < -0.39 is 0 Å². The molecule has 1 heteroatoms. The number of rotatable bonds is 1. The predicted octanol–water partition coefficient (Wildman–Crippen LogP) is 3.93. The number of allylic oxidation sites excluding steroid dienone is 4. The lowest BCUT2D eigenvalue weighted by Crippen LogP contribution is -2.17. The van der Waals surface area contributed by atoms with Crippen LogP contribution in [-0.2, 0) is 5.41 Å². The molecule has 0 aromatic heterocycles. The topological polar surface area (TPSA) is 0 Å². The van der Waals surface area contributed by atoms with Gasteiger partial charge in [0.25, 0.3) is 0 Å². The zero-order valence-electron chi connectivity index (χ0n) is 8.07. The maximum Gasteiger partial charge on any atom is 0.0449 e. The minimum absolute atomic E-state index is 0.0624. The molecule has 1 aliphatic carbocycles. The molecule has 0 heterocycles. The van der Waals surface area contributed by atoms with Gasteiger partial charge in [-0.05, 0) is 18.6 Å². The molecule has 1 radical (unpaired) electrons. The molecule has 1 aromatic carbocycles. The molecule has 1 aromatic rings. The monoisotopic (exact) mass is 203 g/mol. The maximum absolute atomic E-state index is 6.17. The van der Waals surface area contributed by atoms with Crippen molar-refractivity contribution in [2.75, 3.05) is 0 Å². The van der Waals surface area contributed by atoms with Crippen molar-refractivity contribution in [1.29, 1.82) is 0 Å². The predicted molar refractivity (Wildman–Crippen MR) is 61.4 cm³/mol. The largest absolute Gasteiger partial charge is 0.0840 e. The molecule has 0 N–H and O–H groups in total. The highest BCUT2D eigenvalue weighted by atomic mass is 35.5. The summed E-state index contributed by atoms with van der Waals surface area (Å²) in [6.07, 6.45) is 10.5. The van der Waals surface area contributed by atoms with Crippen LogP contribution in [0.3, 0.4) is 0 Å². The summed E-state index contributed by atoms with van der Waals surface area (Å²) in [7, 11) is 0.